The van der Waals surface area contributed by atoms with Crippen molar-refractivity contribution in [3.05, 3.63) is 63.6 Å². The Morgan fingerprint density at radius 1 is 1.21 bits per heavy atom. The van der Waals surface area contributed by atoms with Crippen LogP contribution in [0.3, 0.4) is 0 Å². The summed E-state index contributed by atoms with van der Waals surface area (Å²) in [6.07, 6.45) is 1.46. The lowest BCUT2D eigenvalue weighted by Gasteiger charge is -2.07. The number of hydrazone groups is 1. The van der Waals surface area contributed by atoms with Gasteiger partial charge in [0.2, 0.25) is 0 Å². The summed E-state index contributed by atoms with van der Waals surface area (Å²) in [4.78, 5) is 12.1. The number of carbonyl (C=O) groups excluding carboxylic acids is 1. The highest BCUT2D eigenvalue weighted by Crippen LogP contribution is 2.25. The Hall–Kier alpha value is -2.35. The number of aromatic nitrogens is 3. The van der Waals surface area contributed by atoms with Crippen molar-refractivity contribution in [3.8, 4) is 11.4 Å². The summed E-state index contributed by atoms with van der Waals surface area (Å²) in [5.74, 6) is 0.683. The highest BCUT2D eigenvalue weighted by Gasteiger charge is 2.14. The van der Waals surface area contributed by atoms with Crippen molar-refractivity contribution in [1.82, 2.24) is 20.2 Å². The van der Waals surface area contributed by atoms with Gasteiger partial charge in [0.25, 0.3) is 5.91 Å². The van der Waals surface area contributed by atoms with Crippen LogP contribution < -0.4 is 5.43 Å². The van der Waals surface area contributed by atoms with Gasteiger partial charge in [-0.25, -0.2) is 5.43 Å². The molecule has 9 heteroatoms. The van der Waals surface area contributed by atoms with E-state index in [1.54, 1.807) is 18.2 Å². The second-order valence-corrected chi connectivity index (χ2v) is 7.87. The molecule has 29 heavy (non-hydrogen) atoms. The summed E-state index contributed by atoms with van der Waals surface area (Å²) in [6, 6.07) is 13.3. The molecule has 6 nitrogen and oxygen atoms in total. The minimum absolute atomic E-state index is 0.159. The molecule has 3 rings (SSSR count). The van der Waals surface area contributed by atoms with Gasteiger partial charge in [0, 0.05) is 17.7 Å². The normalized spacial score (nSPS) is 11.2. The molecule has 0 saturated carbocycles. The molecule has 150 valence electrons. The largest absolute Gasteiger partial charge is 0.302 e. The zero-order valence-corrected chi connectivity index (χ0v) is 18.2. The van der Waals surface area contributed by atoms with Gasteiger partial charge in [-0.3, -0.25) is 4.79 Å². The number of amides is 1. The molecule has 1 heterocycles. The van der Waals surface area contributed by atoms with Gasteiger partial charge in [0.05, 0.1) is 22.0 Å². The minimum Gasteiger partial charge on any atom is -0.302 e. The molecule has 0 unspecified atom stereocenters. The summed E-state index contributed by atoms with van der Waals surface area (Å²) in [5, 5.41) is 14.0. The average Bonchev–Trinajstić information content (AvgIpc) is 3.13. The van der Waals surface area contributed by atoms with E-state index in [1.165, 1.54) is 23.5 Å². The van der Waals surface area contributed by atoms with Crippen LogP contribution in [0.2, 0.25) is 10.0 Å². The highest BCUT2D eigenvalue weighted by atomic mass is 35.5. The second-order valence-electron chi connectivity index (χ2n) is 6.14. The van der Waals surface area contributed by atoms with Crippen molar-refractivity contribution in [1.29, 1.82) is 0 Å². The van der Waals surface area contributed by atoms with Gasteiger partial charge in [-0.15, -0.1) is 10.2 Å². The fourth-order valence-corrected chi connectivity index (χ4v) is 3.70. The Morgan fingerprint density at radius 3 is 2.69 bits per heavy atom. The number of hydrogen-bond acceptors (Lipinski definition) is 5. The van der Waals surface area contributed by atoms with E-state index in [0.29, 0.717) is 27.3 Å². The summed E-state index contributed by atoms with van der Waals surface area (Å²) < 4.78 is 1.98. The summed E-state index contributed by atoms with van der Waals surface area (Å²) in [7, 11) is 0. The third-order valence-electron chi connectivity index (χ3n) is 4.05. The van der Waals surface area contributed by atoms with Crippen molar-refractivity contribution < 1.29 is 4.79 Å². The Kier molecular flexibility index (Phi) is 7.30. The molecule has 0 spiro atoms. The molecule has 0 aliphatic carbocycles. The van der Waals surface area contributed by atoms with Crippen LogP contribution in [0.4, 0.5) is 0 Å². The van der Waals surface area contributed by atoms with Gasteiger partial charge in [0.1, 0.15) is 0 Å². The van der Waals surface area contributed by atoms with Crippen LogP contribution in [0.25, 0.3) is 11.4 Å². The molecule has 0 saturated heterocycles. The van der Waals surface area contributed by atoms with Gasteiger partial charge in [-0.1, -0.05) is 76.9 Å². The molecule has 3 aromatic rings. The van der Waals surface area contributed by atoms with Crippen LogP contribution in [-0.2, 0) is 11.3 Å². The van der Waals surface area contributed by atoms with E-state index in [0.717, 1.165) is 11.4 Å². The van der Waals surface area contributed by atoms with Gasteiger partial charge in [-0.05, 0) is 19.9 Å². The van der Waals surface area contributed by atoms with E-state index >= 15 is 0 Å². The minimum atomic E-state index is -0.257. The van der Waals surface area contributed by atoms with Gasteiger partial charge < -0.3 is 4.57 Å². The summed E-state index contributed by atoms with van der Waals surface area (Å²) in [6.45, 7) is 4.76. The Morgan fingerprint density at radius 2 is 1.97 bits per heavy atom. The van der Waals surface area contributed by atoms with Crippen molar-refractivity contribution in [2.45, 2.75) is 25.5 Å². The molecule has 0 radical (unpaired) electrons. The predicted molar refractivity (Wildman–Crippen MR) is 119 cm³/mol. The lowest BCUT2D eigenvalue weighted by atomic mass is 10.1. The molecular weight excluding hydrogens is 429 g/mol. The molecule has 2 aromatic carbocycles. The zero-order valence-electron chi connectivity index (χ0n) is 15.9. The van der Waals surface area contributed by atoms with Crippen LogP contribution in [0.1, 0.15) is 18.1 Å². The quantitative estimate of drug-likeness (QED) is 0.320. The molecule has 1 amide bonds. The van der Waals surface area contributed by atoms with E-state index in [1.807, 2.05) is 42.7 Å². The smallest absolute Gasteiger partial charge is 0.250 e. The second kappa shape index (κ2) is 9.91. The fraction of sp³-hybridized carbons (Fsp3) is 0.200. The summed E-state index contributed by atoms with van der Waals surface area (Å²) in [5.41, 5.74) is 5.28. The summed E-state index contributed by atoms with van der Waals surface area (Å²) >= 11 is 13.3. The molecule has 0 fully saturated rings. The Bertz CT molecular complexity index is 1030. The number of halogens is 2. The zero-order chi connectivity index (χ0) is 20.8. The number of carbonyl (C=O) groups is 1. The molecular formula is C20H19Cl2N5OS. The number of benzene rings is 2. The predicted octanol–water partition coefficient (Wildman–Crippen LogP) is 4.82. The third kappa shape index (κ3) is 5.38. The van der Waals surface area contributed by atoms with Gasteiger partial charge in [-0.2, -0.15) is 5.10 Å². The maximum absolute atomic E-state index is 12.1. The topological polar surface area (TPSA) is 72.2 Å². The first-order valence-electron chi connectivity index (χ1n) is 8.88. The van der Waals surface area contributed by atoms with Crippen molar-refractivity contribution in [2.24, 2.45) is 5.10 Å². The van der Waals surface area contributed by atoms with Crippen molar-refractivity contribution in [2.75, 3.05) is 5.75 Å². The number of nitrogens with one attached hydrogen (secondary N) is 1. The van der Waals surface area contributed by atoms with Gasteiger partial charge >= 0.3 is 0 Å². The number of hydrogen-bond donors (Lipinski definition) is 1. The lowest BCUT2D eigenvalue weighted by Crippen LogP contribution is -2.20. The lowest BCUT2D eigenvalue weighted by molar-refractivity contribution is -0.118. The number of thioether (sulfide) groups is 1. The Balaban J connectivity index is 1.61. The monoisotopic (exact) mass is 447 g/mol. The molecule has 1 N–H and O–H groups in total. The SMILES string of the molecule is CCn1c(SCC(=O)N/N=C/c2cccc(Cl)c2Cl)nnc1-c1ccc(C)cc1. The molecule has 0 bridgehead atoms. The maximum Gasteiger partial charge on any atom is 0.250 e. The number of nitrogens with zero attached hydrogens (tertiary/aromatic N) is 4. The van der Waals surface area contributed by atoms with E-state index in [9.17, 15) is 4.79 Å². The van der Waals surface area contributed by atoms with E-state index in [-0.39, 0.29) is 11.7 Å². The standard InChI is InChI=1S/C20H19Cl2N5OS/c1-3-27-19(14-9-7-13(2)8-10-14)25-26-20(27)29-12-17(28)24-23-11-15-5-4-6-16(21)18(15)22/h4-11H,3,12H2,1-2H3,(H,24,28)/b23-11+. The third-order valence-corrected chi connectivity index (χ3v) is 5.85. The van der Waals surface area contributed by atoms with Crippen molar-refractivity contribution >= 4 is 47.1 Å². The highest BCUT2D eigenvalue weighted by molar-refractivity contribution is 7.99. The number of aryl methyl sites for hydroxylation is 1. The molecule has 1 aromatic heterocycles. The van der Waals surface area contributed by atoms with Gasteiger partial charge in [0.15, 0.2) is 11.0 Å². The van der Waals surface area contributed by atoms with E-state index in [2.05, 4.69) is 20.7 Å². The van der Waals surface area contributed by atoms with E-state index in [4.69, 9.17) is 23.2 Å². The van der Waals surface area contributed by atoms with Crippen molar-refractivity contribution in [3.63, 3.8) is 0 Å². The van der Waals surface area contributed by atoms with E-state index < -0.39 is 0 Å². The van der Waals surface area contributed by atoms with Crippen LogP contribution in [0.15, 0.2) is 52.7 Å². The van der Waals surface area contributed by atoms with Crippen LogP contribution in [0.5, 0.6) is 0 Å². The fourth-order valence-electron chi connectivity index (χ4n) is 2.55. The molecule has 0 atom stereocenters. The first kappa shape index (κ1) is 21.4. The number of rotatable bonds is 7. The van der Waals surface area contributed by atoms with Crippen LogP contribution in [-0.4, -0.2) is 32.6 Å². The average molecular weight is 448 g/mol. The first-order chi connectivity index (χ1) is 14.0. The first-order valence-corrected chi connectivity index (χ1v) is 10.6. The van der Waals surface area contributed by atoms with Crippen LogP contribution in [0, 0.1) is 6.92 Å². The Labute approximate surface area is 183 Å². The molecule has 0 aliphatic rings. The maximum atomic E-state index is 12.1. The van der Waals surface area contributed by atoms with Crippen LogP contribution >= 0.6 is 35.0 Å². The molecule has 0 aliphatic heterocycles.